The SMILES string of the molecule is Cc1ccc(S(=O)(=O)NCc2ccccc2CO)cc1F. The maximum atomic E-state index is 13.5. The lowest BCUT2D eigenvalue weighted by Gasteiger charge is -2.10. The average Bonchev–Trinajstić information content (AvgIpc) is 2.48. The highest BCUT2D eigenvalue weighted by Crippen LogP contribution is 2.15. The summed E-state index contributed by atoms with van der Waals surface area (Å²) in [6, 6.07) is 10.7. The van der Waals surface area contributed by atoms with Crippen molar-refractivity contribution in [1.29, 1.82) is 0 Å². The summed E-state index contributed by atoms with van der Waals surface area (Å²) in [7, 11) is -3.79. The van der Waals surface area contributed by atoms with Crippen LogP contribution in [0.3, 0.4) is 0 Å². The molecule has 0 unspecified atom stereocenters. The Morgan fingerprint density at radius 3 is 2.43 bits per heavy atom. The van der Waals surface area contributed by atoms with Crippen molar-refractivity contribution in [1.82, 2.24) is 4.72 Å². The van der Waals surface area contributed by atoms with E-state index in [0.29, 0.717) is 16.7 Å². The number of benzene rings is 2. The molecule has 2 N–H and O–H groups in total. The summed E-state index contributed by atoms with van der Waals surface area (Å²) >= 11 is 0. The molecule has 21 heavy (non-hydrogen) atoms. The van der Waals surface area contributed by atoms with E-state index >= 15 is 0 Å². The van der Waals surface area contributed by atoms with E-state index in [0.717, 1.165) is 6.07 Å². The molecule has 6 heteroatoms. The van der Waals surface area contributed by atoms with E-state index in [2.05, 4.69) is 4.72 Å². The molecule has 4 nitrogen and oxygen atoms in total. The summed E-state index contributed by atoms with van der Waals surface area (Å²) in [4.78, 5) is -0.118. The number of halogens is 1. The normalized spacial score (nSPS) is 11.6. The Morgan fingerprint density at radius 1 is 1.14 bits per heavy atom. The van der Waals surface area contributed by atoms with Crippen LogP contribution in [-0.2, 0) is 23.2 Å². The Balaban J connectivity index is 2.20. The molecule has 0 spiro atoms. The number of rotatable bonds is 5. The topological polar surface area (TPSA) is 66.4 Å². The van der Waals surface area contributed by atoms with Gasteiger partial charge in [0.05, 0.1) is 11.5 Å². The standard InChI is InChI=1S/C15H16FNO3S/c1-11-6-7-14(8-15(11)16)21(19,20)17-9-12-4-2-3-5-13(12)10-18/h2-8,17-18H,9-10H2,1H3. The van der Waals surface area contributed by atoms with Gasteiger partial charge in [-0.05, 0) is 35.7 Å². The monoisotopic (exact) mass is 309 g/mol. The third-order valence-corrected chi connectivity index (χ3v) is 4.59. The van der Waals surface area contributed by atoms with Crippen LogP contribution >= 0.6 is 0 Å². The molecule has 0 fully saturated rings. The van der Waals surface area contributed by atoms with Crippen LogP contribution in [0.4, 0.5) is 4.39 Å². The van der Waals surface area contributed by atoms with Gasteiger partial charge in [0.25, 0.3) is 0 Å². The van der Waals surface area contributed by atoms with Crippen LogP contribution in [0.25, 0.3) is 0 Å². The van der Waals surface area contributed by atoms with Gasteiger partial charge in [-0.1, -0.05) is 30.3 Å². The van der Waals surface area contributed by atoms with Gasteiger partial charge >= 0.3 is 0 Å². The van der Waals surface area contributed by atoms with Crippen molar-refractivity contribution < 1.29 is 17.9 Å². The largest absolute Gasteiger partial charge is 0.392 e. The van der Waals surface area contributed by atoms with Crippen molar-refractivity contribution in [3.8, 4) is 0 Å². The second-order valence-corrected chi connectivity index (χ2v) is 6.43. The first kappa shape index (κ1) is 15.6. The quantitative estimate of drug-likeness (QED) is 0.889. The maximum Gasteiger partial charge on any atom is 0.240 e. The number of sulfonamides is 1. The Labute approximate surface area is 123 Å². The van der Waals surface area contributed by atoms with E-state index < -0.39 is 15.8 Å². The van der Waals surface area contributed by atoms with E-state index in [1.54, 1.807) is 31.2 Å². The number of aryl methyl sites for hydroxylation is 1. The molecule has 0 saturated carbocycles. The van der Waals surface area contributed by atoms with Crippen molar-refractivity contribution in [3.63, 3.8) is 0 Å². The minimum Gasteiger partial charge on any atom is -0.392 e. The molecular formula is C15H16FNO3S. The first-order chi connectivity index (χ1) is 9.94. The lowest BCUT2D eigenvalue weighted by Crippen LogP contribution is -2.24. The van der Waals surface area contributed by atoms with Crippen molar-refractivity contribution >= 4 is 10.0 Å². The Kier molecular flexibility index (Phi) is 4.72. The molecular weight excluding hydrogens is 293 g/mol. The van der Waals surface area contributed by atoms with Crippen LogP contribution in [0.1, 0.15) is 16.7 Å². The molecule has 2 aromatic carbocycles. The summed E-state index contributed by atoms with van der Waals surface area (Å²) in [6.45, 7) is 1.43. The molecule has 0 radical (unpaired) electrons. The summed E-state index contributed by atoms with van der Waals surface area (Å²) in [5.74, 6) is -0.561. The first-order valence-electron chi connectivity index (χ1n) is 6.37. The van der Waals surface area contributed by atoms with Gasteiger partial charge in [-0.15, -0.1) is 0 Å². The van der Waals surface area contributed by atoms with Gasteiger partial charge in [-0.25, -0.2) is 17.5 Å². The first-order valence-corrected chi connectivity index (χ1v) is 7.86. The number of aliphatic hydroxyl groups is 1. The highest BCUT2D eigenvalue weighted by Gasteiger charge is 2.15. The third-order valence-electron chi connectivity index (χ3n) is 3.19. The second-order valence-electron chi connectivity index (χ2n) is 4.66. The Bertz CT molecular complexity index is 744. The van der Waals surface area contributed by atoms with E-state index in [-0.39, 0.29) is 18.0 Å². The fraction of sp³-hybridized carbons (Fsp3) is 0.200. The van der Waals surface area contributed by atoms with Gasteiger partial charge in [-0.2, -0.15) is 0 Å². The predicted molar refractivity (Wildman–Crippen MR) is 77.5 cm³/mol. The minimum atomic E-state index is -3.79. The summed E-state index contributed by atoms with van der Waals surface area (Å²) in [5, 5.41) is 9.21. The van der Waals surface area contributed by atoms with Gasteiger partial charge in [0.1, 0.15) is 5.82 Å². The molecule has 112 valence electrons. The number of hydrogen-bond acceptors (Lipinski definition) is 3. The van der Waals surface area contributed by atoms with Crippen LogP contribution < -0.4 is 4.72 Å². The predicted octanol–water partition coefficient (Wildman–Crippen LogP) is 2.10. The molecule has 2 aromatic rings. The molecule has 0 bridgehead atoms. The smallest absolute Gasteiger partial charge is 0.240 e. The molecule has 0 saturated heterocycles. The number of aliphatic hydroxyl groups excluding tert-OH is 1. The summed E-state index contributed by atoms with van der Waals surface area (Å²) in [5.41, 5.74) is 1.71. The molecule has 0 heterocycles. The van der Waals surface area contributed by atoms with E-state index in [1.165, 1.54) is 12.1 Å². The van der Waals surface area contributed by atoms with Crippen molar-refractivity contribution in [2.45, 2.75) is 25.0 Å². The maximum absolute atomic E-state index is 13.5. The number of hydrogen-bond donors (Lipinski definition) is 2. The van der Waals surface area contributed by atoms with Gasteiger partial charge in [-0.3, -0.25) is 0 Å². The van der Waals surface area contributed by atoms with Crippen LogP contribution in [0.15, 0.2) is 47.4 Å². The fourth-order valence-corrected chi connectivity index (χ4v) is 2.90. The molecule has 0 aromatic heterocycles. The van der Waals surface area contributed by atoms with Crippen molar-refractivity contribution in [2.75, 3.05) is 0 Å². The fourth-order valence-electron chi connectivity index (χ4n) is 1.88. The van der Waals surface area contributed by atoms with Gasteiger partial charge in [0.15, 0.2) is 0 Å². The van der Waals surface area contributed by atoms with Crippen molar-refractivity contribution in [3.05, 3.63) is 65.0 Å². The molecule has 0 aliphatic heterocycles. The van der Waals surface area contributed by atoms with E-state index in [4.69, 9.17) is 0 Å². The lowest BCUT2D eigenvalue weighted by atomic mass is 10.1. The zero-order valence-corrected chi connectivity index (χ0v) is 12.3. The zero-order chi connectivity index (χ0) is 15.5. The highest BCUT2D eigenvalue weighted by molar-refractivity contribution is 7.89. The zero-order valence-electron chi connectivity index (χ0n) is 11.5. The molecule has 2 rings (SSSR count). The van der Waals surface area contributed by atoms with Crippen molar-refractivity contribution in [2.24, 2.45) is 0 Å². The van der Waals surface area contributed by atoms with E-state index in [9.17, 15) is 17.9 Å². The second kappa shape index (κ2) is 6.34. The Hall–Kier alpha value is -1.76. The summed E-state index contributed by atoms with van der Waals surface area (Å²) in [6.07, 6.45) is 0. The molecule has 0 aliphatic carbocycles. The minimum absolute atomic E-state index is 0.0363. The van der Waals surface area contributed by atoms with Gasteiger partial charge < -0.3 is 5.11 Å². The lowest BCUT2D eigenvalue weighted by molar-refractivity contribution is 0.280. The Morgan fingerprint density at radius 2 is 1.81 bits per heavy atom. The highest BCUT2D eigenvalue weighted by atomic mass is 32.2. The van der Waals surface area contributed by atoms with Crippen LogP contribution in [0, 0.1) is 12.7 Å². The molecule has 0 atom stereocenters. The van der Waals surface area contributed by atoms with Gasteiger partial charge in [0.2, 0.25) is 10.0 Å². The van der Waals surface area contributed by atoms with Crippen LogP contribution in [0.2, 0.25) is 0 Å². The molecule has 0 aliphatic rings. The average molecular weight is 309 g/mol. The van der Waals surface area contributed by atoms with Crippen LogP contribution in [-0.4, -0.2) is 13.5 Å². The van der Waals surface area contributed by atoms with Crippen LogP contribution in [0.5, 0.6) is 0 Å². The number of nitrogens with one attached hydrogen (secondary N) is 1. The van der Waals surface area contributed by atoms with Gasteiger partial charge in [0, 0.05) is 6.54 Å². The third kappa shape index (κ3) is 3.66. The van der Waals surface area contributed by atoms with E-state index in [1.807, 2.05) is 0 Å². The summed E-state index contributed by atoms with van der Waals surface area (Å²) < 4.78 is 40.1. The molecule has 0 amide bonds.